The van der Waals surface area contributed by atoms with Crippen molar-refractivity contribution in [2.45, 2.75) is 69.4 Å². The third kappa shape index (κ3) is 6.44. The van der Waals surface area contributed by atoms with E-state index in [-0.39, 0.29) is 24.3 Å². The van der Waals surface area contributed by atoms with Gasteiger partial charge in [0.25, 0.3) is 0 Å². The number of carbonyl (C=O) groups excluding carboxylic acids is 1. The van der Waals surface area contributed by atoms with Crippen LogP contribution >= 0.6 is 0 Å². The predicted octanol–water partition coefficient (Wildman–Crippen LogP) is 6.16. The molecule has 0 spiro atoms. The third-order valence-corrected chi connectivity index (χ3v) is 9.24. The second-order valence-electron chi connectivity index (χ2n) is 12.7. The second kappa shape index (κ2) is 12.0. The van der Waals surface area contributed by atoms with E-state index < -0.39 is 29.3 Å². The summed E-state index contributed by atoms with van der Waals surface area (Å²) in [5, 5.41) is 13.9. The van der Waals surface area contributed by atoms with Crippen molar-refractivity contribution in [3.05, 3.63) is 65.4 Å². The fourth-order valence-corrected chi connectivity index (χ4v) is 6.29. The molecule has 1 aliphatic carbocycles. The van der Waals surface area contributed by atoms with Gasteiger partial charge in [-0.1, -0.05) is 6.92 Å². The van der Waals surface area contributed by atoms with Crippen molar-refractivity contribution in [1.82, 2.24) is 29.7 Å². The van der Waals surface area contributed by atoms with Gasteiger partial charge in [-0.15, -0.1) is 0 Å². The Morgan fingerprint density at radius 1 is 1.15 bits per heavy atom. The molecular weight excluding hydrogens is 615 g/mol. The van der Waals surface area contributed by atoms with Crippen molar-refractivity contribution >= 4 is 22.8 Å². The molecule has 6 heterocycles. The molecule has 4 aromatic rings. The highest BCUT2D eigenvalue weighted by Gasteiger charge is 2.44. The number of aromatic nitrogens is 4. The molecule has 1 saturated heterocycles. The van der Waals surface area contributed by atoms with Crippen molar-refractivity contribution in [2.24, 2.45) is 0 Å². The zero-order chi connectivity index (χ0) is 32.9. The number of amides is 2. The number of alkyl halides is 3. The summed E-state index contributed by atoms with van der Waals surface area (Å²) in [6.07, 6.45) is 2.67. The largest absolute Gasteiger partial charge is 0.474 e. The molecular formula is C33H36F3N7O4. The van der Waals surface area contributed by atoms with Crippen molar-refractivity contribution in [3.63, 3.8) is 0 Å². The molecule has 7 rings (SSSR count). The highest BCUT2D eigenvalue weighted by molar-refractivity contribution is 5.89. The van der Waals surface area contributed by atoms with Crippen LogP contribution in [-0.4, -0.2) is 73.7 Å². The van der Waals surface area contributed by atoms with Crippen molar-refractivity contribution in [2.75, 3.05) is 32.0 Å². The Kier molecular flexibility index (Phi) is 7.95. The van der Waals surface area contributed by atoms with Crippen LogP contribution in [0.25, 0.3) is 11.0 Å². The quantitative estimate of drug-likeness (QED) is 0.217. The molecule has 0 radical (unpaired) electrons. The zero-order valence-corrected chi connectivity index (χ0v) is 26.1. The van der Waals surface area contributed by atoms with E-state index in [1.54, 1.807) is 23.4 Å². The number of fused-ring (bicyclic) bond motifs is 2. The van der Waals surface area contributed by atoms with E-state index in [0.29, 0.717) is 61.5 Å². The van der Waals surface area contributed by atoms with Crippen LogP contribution in [0.3, 0.4) is 0 Å². The number of pyridine rings is 3. The van der Waals surface area contributed by atoms with Crippen LogP contribution in [0, 0.1) is 0 Å². The van der Waals surface area contributed by atoms with Gasteiger partial charge in [-0.2, -0.15) is 13.2 Å². The van der Waals surface area contributed by atoms with Gasteiger partial charge < -0.3 is 34.7 Å². The number of aliphatic hydroxyl groups is 1. The highest BCUT2D eigenvalue weighted by atomic mass is 19.4. The van der Waals surface area contributed by atoms with E-state index in [4.69, 9.17) is 9.47 Å². The molecule has 3 aliphatic rings. The number of nitrogens with zero attached hydrogens (tertiary/aromatic N) is 5. The number of piperidine rings is 1. The number of hydrogen-bond acceptors (Lipinski definition) is 8. The summed E-state index contributed by atoms with van der Waals surface area (Å²) in [6.45, 7) is 3.99. The molecule has 47 heavy (non-hydrogen) atoms. The fourth-order valence-electron chi connectivity index (χ4n) is 6.29. The molecule has 2 aliphatic heterocycles. The Bertz CT molecular complexity index is 1800. The number of urea groups is 1. The molecule has 1 atom stereocenters. The van der Waals surface area contributed by atoms with Crippen molar-refractivity contribution < 1.29 is 32.5 Å². The number of carbonyl (C=O) groups is 1. The molecule has 2 amide bonds. The minimum Gasteiger partial charge on any atom is -0.474 e. The van der Waals surface area contributed by atoms with Crippen LogP contribution in [0.2, 0.25) is 0 Å². The van der Waals surface area contributed by atoms with Gasteiger partial charge in [0.1, 0.15) is 34.4 Å². The molecule has 14 heteroatoms. The number of H-pyrrole nitrogens is 1. The van der Waals surface area contributed by atoms with E-state index in [2.05, 4.69) is 30.2 Å². The topological polar surface area (TPSA) is 129 Å². The molecule has 0 unspecified atom stereocenters. The number of hydrogen-bond donors (Lipinski definition) is 3. The SMILES string of the molecule is CC[C@@H]1CN(C(=O)Nc2cnc(OC3CCN(C)CC3)c(C(F)(F)F)c2)Cc2cc(Oc3ccnc4[nH]c(C5(O)CC5)cc34)cnc21. The van der Waals surface area contributed by atoms with Crippen molar-refractivity contribution in [1.29, 1.82) is 0 Å². The lowest BCUT2D eigenvalue weighted by atomic mass is 9.92. The Morgan fingerprint density at radius 3 is 2.66 bits per heavy atom. The van der Waals surface area contributed by atoms with Crippen LogP contribution in [0.1, 0.15) is 67.5 Å². The summed E-state index contributed by atoms with van der Waals surface area (Å²) in [6, 6.07) is 5.74. The lowest BCUT2D eigenvalue weighted by molar-refractivity contribution is -0.139. The highest BCUT2D eigenvalue weighted by Crippen LogP contribution is 2.46. The first-order valence-electron chi connectivity index (χ1n) is 15.8. The minimum atomic E-state index is -4.71. The maximum atomic E-state index is 14.0. The van der Waals surface area contributed by atoms with E-state index in [0.717, 1.165) is 35.8 Å². The summed E-state index contributed by atoms with van der Waals surface area (Å²) < 4.78 is 54.1. The van der Waals surface area contributed by atoms with E-state index >= 15 is 0 Å². The lowest BCUT2D eigenvalue weighted by Crippen LogP contribution is -2.41. The van der Waals surface area contributed by atoms with Gasteiger partial charge >= 0.3 is 12.2 Å². The number of halogens is 3. The predicted molar refractivity (Wildman–Crippen MR) is 166 cm³/mol. The average molecular weight is 652 g/mol. The van der Waals surface area contributed by atoms with E-state index in [9.17, 15) is 23.1 Å². The number of aromatic amines is 1. The molecule has 1 saturated carbocycles. The number of likely N-dealkylation sites (tertiary alicyclic amines) is 1. The van der Waals surface area contributed by atoms with Crippen LogP contribution in [-0.2, 0) is 18.3 Å². The Morgan fingerprint density at radius 2 is 1.94 bits per heavy atom. The summed E-state index contributed by atoms with van der Waals surface area (Å²) in [5.41, 5.74) is 0.972. The summed E-state index contributed by atoms with van der Waals surface area (Å²) in [4.78, 5) is 33.3. The lowest BCUT2D eigenvalue weighted by Gasteiger charge is -2.33. The van der Waals surface area contributed by atoms with Gasteiger partial charge in [-0.3, -0.25) is 4.98 Å². The normalized spacial score (nSPS) is 19.8. The summed E-state index contributed by atoms with van der Waals surface area (Å²) >= 11 is 0. The van der Waals surface area contributed by atoms with Gasteiger partial charge in [-0.05, 0) is 69.0 Å². The van der Waals surface area contributed by atoms with Gasteiger partial charge in [0.15, 0.2) is 0 Å². The monoisotopic (exact) mass is 651 g/mol. The second-order valence-corrected chi connectivity index (χ2v) is 12.7. The molecule has 3 N–H and O–H groups in total. The minimum absolute atomic E-state index is 0.0736. The first kappa shape index (κ1) is 31.2. The first-order valence-corrected chi connectivity index (χ1v) is 15.8. The van der Waals surface area contributed by atoms with Crippen LogP contribution < -0.4 is 14.8 Å². The maximum absolute atomic E-state index is 14.0. The number of nitrogens with one attached hydrogen (secondary N) is 2. The molecule has 0 bridgehead atoms. The summed E-state index contributed by atoms with van der Waals surface area (Å²) in [5.74, 6) is 0.442. The van der Waals surface area contributed by atoms with Crippen LogP contribution in [0.4, 0.5) is 23.7 Å². The Labute approximate surface area is 269 Å². The average Bonchev–Trinajstić information content (AvgIpc) is 3.63. The van der Waals surface area contributed by atoms with Gasteiger partial charge in [0.2, 0.25) is 5.88 Å². The van der Waals surface area contributed by atoms with Crippen molar-refractivity contribution in [3.8, 4) is 17.4 Å². The summed E-state index contributed by atoms with van der Waals surface area (Å²) in [7, 11) is 1.96. The standard InChI is InChI=1S/C33H36F3N7O4/c1-3-19-17-43(31(44)40-21-13-25(33(34,35)36)30(39-15-21)47-22-5-10-42(2)11-6-22)18-20-12-23(16-38-28(19)20)46-26-4-9-37-29-24(26)14-27(41-29)32(45)7-8-32/h4,9,12-16,19,22,45H,3,5-8,10-11,17-18H2,1-2H3,(H,37,41)(H,40,44)/t19-/m1/s1. The Balaban J connectivity index is 1.08. The van der Waals surface area contributed by atoms with Crippen LogP contribution in [0.5, 0.6) is 17.4 Å². The van der Waals surface area contributed by atoms with E-state index in [1.165, 1.54) is 6.20 Å². The molecule has 0 aromatic carbocycles. The molecule has 11 nitrogen and oxygen atoms in total. The number of ether oxygens (including phenoxy) is 2. The number of anilines is 1. The van der Waals surface area contributed by atoms with Gasteiger partial charge in [0, 0.05) is 44.0 Å². The molecule has 4 aromatic heterocycles. The van der Waals surface area contributed by atoms with Gasteiger partial charge in [0.05, 0.1) is 29.2 Å². The molecule has 248 valence electrons. The maximum Gasteiger partial charge on any atom is 0.421 e. The van der Waals surface area contributed by atoms with E-state index in [1.807, 2.05) is 26.1 Å². The number of rotatable bonds is 7. The van der Waals surface area contributed by atoms with Crippen LogP contribution in [0.15, 0.2) is 42.9 Å². The first-order chi connectivity index (χ1) is 22.5. The third-order valence-electron chi connectivity index (χ3n) is 9.24. The fraction of sp³-hybridized carbons (Fsp3) is 0.455. The zero-order valence-electron chi connectivity index (χ0n) is 26.1. The smallest absolute Gasteiger partial charge is 0.421 e. The molecule has 2 fully saturated rings. The Hall–Kier alpha value is -4.43. The van der Waals surface area contributed by atoms with Gasteiger partial charge in [-0.25, -0.2) is 14.8 Å².